The summed E-state index contributed by atoms with van der Waals surface area (Å²) in [5, 5.41) is 3.65. The fourth-order valence-electron chi connectivity index (χ4n) is 2.95. The molecule has 27 heavy (non-hydrogen) atoms. The normalized spacial score (nSPS) is 12.6. The molecular weight excluding hydrogens is 348 g/mol. The maximum absolute atomic E-state index is 12.0. The number of hydrogen-bond donors (Lipinski definition) is 2. The number of H-pyrrole nitrogens is 1. The molecule has 1 amide bonds. The molecule has 2 aromatic carbocycles. The van der Waals surface area contributed by atoms with Crippen LogP contribution in [0.3, 0.4) is 0 Å². The second kappa shape index (κ2) is 7.41. The Bertz CT molecular complexity index is 995. The van der Waals surface area contributed by atoms with E-state index < -0.39 is 11.9 Å². The number of aromatic amines is 1. The highest BCUT2D eigenvalue weighted by Crippen LogP contribution is 2.32. The Morgan fingerprint density at radius 3 is 2.78 bits per heavy atom. The SMILES string of the molecule is O=C(COC(=O)Cc1c[nH]c2ccccc12)Nc1ccc2c(c1)OCCO2. The van der Waals surface area contributed by atoms with Gasteiger partial charge < -0.3 is 24.5 Å². The first-order chi connectivity index (χ1) is 13.2. The van der Waals surface area contributed by atoms with Gasteiger partial charge in [-0.15, -0.1) is 0 Å². The van der Waals surface area contributed by atoms with Gasteiger partial charge in [-0.2, -0.15) is 0 Å². The summed E-state index contributed by atoms with van der Waals surface area (Å²) in [6, 6.07) is 12.8. The first-order valence-corrected chi connectivity index (χ1v) is 8.59. The number of rotatable bonds is 5. The lowest BCUT2D eigenvalue weighted by molar-refractivity contribution is -0.146. The van der Waals surface area contributed by atoms with Crippen molar-refractivity contribution in [3.8, 4) is 11.5 Å². The van der Waals surface area contributed by atoms with Gasteiger partial charge >= 0.3 is 5.97 Å². The van der Waals surface area contributed by atoms with E-state index in [0.29, 0.717) is 30.4 Å². The van der Waals surface area contributed by atoms with Gasteiger partial charge in [0.15, 0.2) is 18.1 Å². The molecule has 7 heteroatoms. The fourth-order valence-corrected chi connectivity index (χ4v) is 2.95. The number of anilines is 1. The van der Waals surface area contributed by atoms with E-state index in [2.05, 4.69) is 10.3 Å². The molecular formula is C20H18N2O5. The molecule has 0 radical (unpaired) electrons. The summed E-state index contributed by atoms with van der Waals surface area (Å²) in [7, 11) is 0. The van der Waals surface area contributed by atoms with E-state index >= 15 is 0 Å². The Balaban J connectivity index is 1.30. The number of aromatic nitrogens is 1. The Hall–Kier alpha value is -3.48. The largest absolute Gasteiger partial charge is 0.486 e. The Labute approximate surface area is 155 Å². The average molecular weight is 366 g/mol. The number of benzene rings is 2. The Morgan fingerprint density at radius 1 is 1.07 bits per heavy atom. The number of nitrogens with one attached hydrogen (secondary N) is 2. The van der Waals surface area contributed by atoms with Gasteiger partial charge in [0.25, 0.3) is 5.91 Å². The molecule has 2 N–H and O–H groups in total. The van der Waals surface area contributed by atoms with Crippen molar-refractivity contribution in [1.29, 1.82) is 0 Å². The zero-order valence-electron chi connectivity index (χ0n) is 14.5. The average Bonchev–Trinajstić information content (AvgIpc) is 3.09. The molecule has 3 aromatic rings. The van der Waals surface area contributed by atoms with Crippen LogP contribution in [0, 0.1) is 0 Å². The zero-order chi connectivity index (χ0) is 18.6. The van der Waals surface area contributed by atoms with E-state index in [-0.39, 0.29) is 13.0 Å². The van der Waals surface area contributed by atoms with E-state index in [0.717, 1.165) is 16.5 Å². The van der Waals surface area contributed by atoms with E-state index in [4.69, 9.17) is 14.2 Å². The Kier molecular flexibility index (Phi) is 4.65. The lowest BCUT2D eigenvalue weighted by atomic mass is 10.1. The van der Waals surface area contributed by atoms with Gasteiger partial charge in [0.2, 0.25) is 0 Å². The number of hydrogen-bond acceptors (Lipinski definition) is 5. The molecule has 0 aliphatic carbocycles. The number of fused-ring (bicyclic) bond motifs is 2. The van der Waals surface area contributed by atoms with Gasteiger partial charge in [-0.05, 0) is 23.8 Å². The molecule has 1 aromatic heterocycles. The lowest BCUT2D eigenvalue weighted by Gasteiger charge is -2.19. The molecule has 7 nitrogen and oxygen atoms in total. The predicted molar refractivity (Wildman–Crippen MR) is 99.0 cm³/mol. The zero-order valence-corrected chi connectivity index (χ0v) is 14.5. The van der Waals surface area contributed by atoms with Crippen molar-refractivity contribution in [2.24, 2.45) is 0 Å². The number of amides is 1. The van der Waals surface area contributed by atoms with Crippen LogP contribution in [0.1, 0.15) is 5.56 Å². The van der Waals surface area contributed by atoms with Gasteiger partial charge in [0.1, 0.15) is 13.2 Å². The van der Waals surface area contributed by atoms with Crippen LogP contribution in [0.5, 0.6) is 11.5 Å². The first-order valence-electron chi connectivity index (χ1n) is 8.59. The molecule has 2 heterocycles. The maximum atomic E-state index is 12.0. The molecule has 4 rings (SSSR count). The van der Waals surface area contributed by atoms with Crippen LogP contribution in [0.4, 0.5) is 5.69 Å². The second-order valence-corrected chi connectivity index (χ2v) is 6.10. The highest BCUT2D eigenvalue weighted by atomic mass is 16.6. The number of carbonyl (C=O) groups is 2. The molecule has 1 aliphatic heterocycles. The maximum Gasteiger partial charge on any atom is 0.310 e. The number of esters is 1. The van der Waals surface area contributed by atoms with Gasteiger partial charge in [-0.25, -0.2) is 0 Å². The summed E-state index contributed by atoms with van der Waals surface area (Å²) in [5.74, 6) is 0.343. The van der Waals surface area contributed by atoms with E-state index in [9.17, 15) is 9.59 Å². The van der Waals surface area contributed by atoms with Gasteiger partial charge in [-0.1, -0.05) is 18.2 Å². The topological polar surface area (TPSA) is 89.7 Å². The summed E-state index contributed by atoms with van der Waals surface area (Å²) in [5.41, 5.74) is 2.34. The van der Waals surface area contributed by atoms with Gasteiger partial charge in [-0.3, -0.25) is 9.59 Å². The van der Waals surface area contributed by atoms with Gasteiger partial charge in [0, 0.05) is 28.9 Å². The summed E-state index contributed by atoms with van der Waals surface area (Å²) < 4.78 is 16.0. The van der Waals surface area contributed by atoms with Crippen molar-refractivity contribution < 1.29 is 23.8 Å². The first kappa shape index (κ1) is 17.0. The minimum Gasteiger partial charge on any atom is -0.486 e. The third-order valence-electron chi connectivity index (χ3n) is 4.20. The third kappa shape index (κ3) is 3.87. The smallest absolute Gasteiger partial charge is 0.310 e. The quantitative estimate of drug-likeness (QED) is 0.678. The highest BCUT2D eigenvalue weighted by molar-refractivity contribution is 5.93. The highest BCUT2D eigenvalue weighted by Gasteiger charge is 2.14. The fraction of sp³-hybridized carbons (Fsp3) is 0.200. The second-order valence-electron chi connectivity index (χ2n) is 6.10. The van der Waals surface area contributed by atoms with Crippen LogP contribution in [0.2, 0.25) is 0 Å². The number of para-hydroxylation sites is 1. The summed E-state index contributed by atoms with van der Waals surface area (Å²) in [6.07, 6.45) is 1.88. The van der Waals surface area contributed by atoms with Crippen LogP contribution in [-0.2, 0) is 20.7 Å². The van der Waals surface area contributed by atoms with E-state index in [1.807, 2.05) is 24.3 Å². The summed E-state index contributed by atoms with van der Waals surface area (Å²) >= 11 is 0. The Morgan fingerprint density at radius 2 is 1.89 bits per heavy atom. The van der Waals surface area contributed by atoms with Crippen molar-refractivity contribution >= 4 is 28.5 Å². The van der Waals surface area contributed by atoms with Crippen molar-refractivity contribution in [2.45, 2.75) is 6.42 Å². The molecule has 0 saturated carbocycles. The van der Waals surface area contributed by atoms with Crippen molar-refractivity contribution in [1.82, 2.24) is 4.98 Å². The van der Waals surface area contributed by atoms with Crippen molar-refractivity contribution in [3.63, 3.8) is 0 Å². The molecule has 0 atom stereocenters. The molecule has 138 valence electrons. The molecule has 0 unspecified atom stereocenters. The molecule has 0 fully saturated rings. The molecule has 1 aliphatic rings. The monoisotopic (exact) mass is 366 g/mol. The lowest BCUT2D eigenvalue weighted by Crippen LogP contribution is -2.22. The van der Waals surface area contributed by atoms with Crippen LogP contribution < -0.4 is 14.8 Å². The predicted octanol–water partition coefficient (Wildman–Crippen LogP) is 2.66. The van der Waals surface area contributed by atoms with E-state index in [1.54, 1.807) is 24.4 Å². The molecule has 0 saturated heterocycles. The number of ether oxygens (including phenoxy) is 3. The van der Waals surface area contributed by atoms with Crippen LogP contribution in [-0.4, -0.2) is 36.7 Å². The van der Waals surface area contributed by atoms with E-state index in [1.165, 1.54) is 0 Å². The van der Waals surface area contributed by atoms with Crippen molar-refractivity contribution in [3.05, 3.63) is 54.2 Å². The van der Waals surface area contributed by atoms with Crippen LogP contribution in [0.25, 0.3) is 10.9 Å². The van der Waals surface area contributed by atoms with Gasteiger partial charge in [0.05, 0.1) is 6.42 Å². The minimum absolute atomic E-state index is 0.0985. The molecule has 0 spiro atoms. The van der Waals surface area contributed by atoms with Crippen LogP contribution in [0.15, 0.2) is 48.7 Å². The standard InChI is InChI=1S/C20H18N2O5/c23-19(22-14-5-6-17-18(10-14)26-8-7-25-17)12-27-20(24)9-13-11-21-16-4-2-1-3-15(13)16/h1-6,10-11,21H,7-9,12H2,(H,22,23). The number of carbonyl (C=O) groups excluding carboxylic acids is 2. The summed E-state index contributed by atoms with van der Waals surface area (Å²) in [6.45, 7) is 0.622. The summed E-state index contributed by atoms with van der Waals surface area (Å²) in [4.78, 5) is 27.2. The molecule has 0 bridgehead atoms. The van der Waals surface area contributed by atoms with Crippen molar-refractivity contribution in [2.75, 3.05) is 25.1 Å². The van der Waals surface area contributed by atoms with Crippen LogP contribution >= 0.6 is 0 Å². The minimum atomic E-state index is -0.461. The third-order valence-corrected chi connectivity index (χ3v) is 4.20.